The van der Waals surface area contributed by atoms with Gasteiger partial charge in [0.25, 0.3) is 5.69 Å². The van der Waals surface area contributed by atoms with Gasteiger partial charge in [0.15, 0.2) is 5.16 Å². The fourth-order valence-corrected chi connectivity index (χ4v) is 4.04. The van der Waals surface area contributed by atoms with E-state index in [9.17, 15) is 14.9 Å². The summed E-state index contributed by atoms with van der Waals surface area (Å²) >= 11 is 1.34. The number of carbonyl (C=O) groups is 1. The summed E-state index contributed by atoms with van der Waals surface area (Å²) in [5.74, 6) is 1.28. The highest BCUT2D eigenvalue weighted by molar-refractivity contribution is 7.99. The summed E-state index contributed by atoms with van der Waals surface area (Å²) in [5, 5.41) is 23.1. The first-order valence-corrected chi connectivity index (χ1v) is 11.2. The van der Waals surface area contributed by atoms with Crippen LogP contribution in [0.5, 0.6) is 0 Å². The molecule has 10 nitrogen and oxygen atoms in total. The van der Waals surface area contributed by atoms with Crippen molar-refractivity contribution in [3.63, 3.8) is 0 Å². The summed E-state index contributed by atoms with van der Waals surface area (Å²) < 4.78 is 7.50. The average molecular weight is 449 g/mol. The number of thioether (sulfide) groups is 1. The Labute approximate surface area is 185 Å². The summed E-state index contributed by atoms with van der Waals surface area (Å²) in [6, 6.07) is 4.38. The molecule has 1 saturated heterocycles. The first kappa shape index (κ1) is 23.2. The van der Waals surface area contributed by atoms with E-state index in [0.29, 0.717) is 28.9 Å². The summed E-state index contributed by atoms with van der Waals surface area (Å²) in [6.07, 6.45) is 0. The SMILES string of the molecule is Cc1cc([N+](=O)[O-])ccc1NC(=O)CSc1nnc(CN2CCOCC2)n1CC(C)C. The van der Waals surface area contributed by atoms with Crippen molar-refractivity contribution in [2.24, 2.45) is 5.92 Å². The molecule has 0 spiro atoms. The molecule has 1 aliphatic rings. The maximum Gasteiger partial charge on any atom is 0.269 e. The van der Waals surface area contributed by atoms with E-state index in [1.165, 1.54) is 23.9 Å². The molecule has 2 heterocycles. The normalized spacial score (nSPS) is 14.7. The van der Waals surface area contributed by atoms with Crippen LogP contribution in [0.1, 0.15) is 25.2 Å². The van der Waals surface area contributed by atoms with E-state index in [4.69, 9.17) is 4.74 Å². The minimum absolute atomic E-state index is 0.000501. The van der Waals surface area contributed by atoms with Crippen molar-refractivity contribution in [3.8, 4) is 0 Å². The van der Waals surface area contributed by atoms with E-state index in [1.54, 1.807) is 13.0 Å². The number of hydrogen-bond donors (Lipinski definition) is 1. The number of carbonyl (C=O) groups excluding carboxylic acids is 1. The van der Waals surface area contributed by atoms with Gasteiger partial charge >= 0.3 is 0 Å². The second-order valence-corrected chi connectivity index (χ2v) is 8.83. The maximum absolute atomic E-state index is 12.5. The Morgan fingerprint density at radius 2 is 2.06 bits per heavy atom. The third-order valence-corrected chi connectivity index (χ3v) is 5.80. The molecule has 1 aromatic carbocycles. The quantitative estimate of drug-likeness (QED) is 0.354. The first-order chi connectivity index (χ1) is 14.8. The number of rotatable bonds is 9. The highest BCUT2D eigenvalue weighted by atomic mass is 32.2. The van der Waals surface area contributed by atoms with Crippen LogP contribution in [0.3, 0.4) is 0 Å². The van der Waals surface area contributed by atoms with Gasteiger partial charge in [-0.15, -0.1) is 10.2 Å². The number of morpholine rings is 1. The van der Waals surface area contributed by atoms with Crippen molar-refractivity contribution < 1.29 is 14.5 Å². The number of nitrogens with zero attached hydrogens (tertiary/aromatic N) is 5. The van der Waals surface area contributed by atoms with Crippen LogP contribution < -0.4 is 5.32 Å². The van der Waals surface area contributed by atoms with Crippen LogP contribution in [0, 0.1) is 23.0 Å². The molecule has 168 valence electrons. The zero-order chi connectivity index (χ0) is 22.4. The second-order valence-electron chi connectivity index (χ2n) is 7.88. The Bertz CT molecular complexity index is 926. The van der Waals surface area contributed by atoms with E-state index in [1.807, 2.05) is 0 Å². The van der Waals surface area contributed by atoms with Gasteiger partial charge in [-0.05, 0) is 24.5 Å². The van der Waals surface area contributed by atoms with Crippen molar-refractivity contribution >= 4 is 29.0 Å². The fourth-order valence-electron chi connectivity index (χ4n) is 3.27. The zero-order valence-corrected chi connectivity index (χ0v) is 18.9. The molecule has 0 bridgehead atoms. The monoisotopic (exact) mass is 448 g/mol. The van der Waals surface area contributed by atoms with Gasteiger partial charge in [0.1, 0.15) is 5.82 Å². The number of hydrogen-bond acceptors (Lipinski definition) is 8. The van der Waals surface area contributed by atoms with Crippen molar-refractivity contribution in [3.05, 3.63) is 39.7 Å². The minimum Gasteiger partial charge on any atom is -0.379 e. The molecule has 1 N–H and O–H groups in total. The van der Waals surface area contributed by atoms with Crippen LogP contribution in [-0.4, -0.2) is 62.6 Å². The minimum atomic E-state index is -0.454. The number of anilines is 1. The topological polar surface area (TPSA) is 115 Å². The molecule has 0 radical (unpaired) electrons. The number of amides is 1. The highest BCUT2D eigenvalue weighted by Crippen LogP contribution is 2.23. The standard InChI is InChI=1S/C20H28N6O4S/c1-14(2)11-25-18(12-24-6-8-30-9-7-24)22-23-20(25)31-13-19(27)21-17-5-4-16(26(28)29)10-15(17)3/h4-5,10,14H,6-9,11-13H2,1-3H3,(H,21,27). The molecule has 3 rings (SSSR count). The van der Waals surface area contributed by atoms with Gasteiger partial charge in [-0.2, -0.15) is 0 Å². The molecule has 1 amide bonds. The van der Waals surface area contributed by atoms with Gasteiger partial charge in [0, 0.05) is 37.5 Å². The van der Waals surface area contributed by atoms with Crippen LogP contribution >= 0.6 is 11.8 Å². The highest BCUT2D eigenvalue weighted by Gasteiger charge is 2.19. The Kier molecular flexibility index (Phi) is 7.99. The molecule has 1 aromatic heterocycles. The van der Waals surface area contributed by atoms with E-state index >= 15 is 0 Å². The summed E-state index contributed by atoms with van der Waals surface area (Å²) in [7, 11) is 0. The summed E-state index contributed by atoms with van der Waals surface area (Å²) in [4.78, 5) is 25.2. The van der Waals surface area contributed by atoms with Gasteiger partial charge in [0.05, 0.1) is 30.4 Å². The van der Waals surface area contributed by atoms with E-state index in [-0.39, 0.29) is 17.3 Å². The fraction of sp³-hybridized carbons (Fsp3) is 0.550. The molecule has 1 aliphatic heterocycles. The zero-order valence-electron chi connectivity index (χ0n) is 18.0. The van der Waals surface area contributed by atoms with Gasteiger partial charge in [-0.1, -0.05) is 25.6 Å². The van der Waals surface area contributed by atoms with E-state index in [2.05, 4.69) is 38.8 Å². The van der Waals surface area contributed by atoms with Gasteiger partial charge in [0.2, 0.25) is 5.91 Å². The molecule has 2 aromatic rings. The van der Waals surface area contributed by atoms with Gasteiger partial charge < -0.3 is 14.6 Å². The number of aromatic nitrogens is 3. The lowest BCUT2D eigenvalue weighted by Gasteiger charge is -2.26. The van der Waals surface area contributed by atoms with E-state index < -0.39 is 4.92 Å². The molecule has 0 unspecified atom stereocenters. The van der Waals surface area contributed by atoms with Crippen LogP contribution in [0.15, 0.2) is 23.4 Å². The number of non-ortho nitro benzene ring substituents is 1. The molecule has 0 saturated carbocycles. The lowest BCUT2D eigenvalue weighted by atomic mass is 10.2. The number of aryl methyl sites for hydroxylation is 1. The van der Waals surface area contributed by atoms with Crippen LogP contribution in [-0.2, 0) is 22.6 Å². The third kappa shape index (κ3) is 6.49. The second kappa shape index (κ2) is 10.7. The smallest absolute Gasteiger partial charge is 0.269 e. The van der Waals surface area contributed by atoms with Crippen molar-refractivity contribution in [2.75, 3.05) is 37.4 Å². The predicted octanol–water partition coefficient (Wildman–Crippen LogP) is 2.71. The molecule has 11 heteroatoms. The number of nitro groups is 1. The molecular formula is C20H28N6O4S. The number of nitrogens with one attached hydrogen (secondary N) is 1. The summed E-state index contributed by atoms with van der Waals surface area (Å²) in [6.45, 7) is 10.7. The summed E-state index contributed by atoms with van der Waals surface area (Å²) in [5.41, 5.74) is 1.20. The van der Waals surface area contributed by atoms with Gasteiger partial charge in [-0.3, -0.25) is 19.8 Å². The largest absolute Gasteiger partial charge is 0.379 e. The first-order valence-electron chi connectivity index (χ1n) is 10.2. The Morgan fingerprint density at radius 1 is 1.32 bits per heavy atom. The molecular weight excluding hydrogens is 420 g/mol. The van der Waals surface area contributed by atoms with Crippen LogP contribution in [0.2, 0.25) is 0 Å². The van der Waals surface area contributed by atoms with Crippen LogP contribution in [0.4, 0.5) is 11.4 Å². The number of nitro benzene ring substituents is 1. The number of ether oxygens (including phenoxy) is 1. The lowest BCUT2D eigenvalue weighted by molar-refractivity contribution is -0.384. The third-order valence-electron chi connectivity index (χ3n) is 4.84. The van der Waals surface area contributed by atoms with Crippen molar-refractivity contribution in [2.45, 2.75) is 39.0 Å². The van der Waals surface area contributed by atoms with E-state index in [0.717, 1.165) is 38.7 Å². The van der Waals surface area contributed by atoms with Gasteiger partial charge in [-0.25, -0.2) is 0 Å². The number of benzene rings is 1. The Morgan fingerprint density at radius 3 is 2.71 bits per heavy atom. The van der Waals surface area contributed by atoms with Crippen LogP contribution in [0.25, 0.3) is 0 Å². The molecule has 0 atom stereocenters. The lowest BCUT2D eigenvalue weighted by Crippen LogP contribution is -2.36. The Balaban J connectivity index is 1.63. The molecule has 1 fully saturated rings. The molecule has 0 aliphatic carbocycles. The average Bonchev–Trinajstić information content (AvgIpc) is 3.09. The van der Waals surface area contributed by atoms with Crippen molar-refractivity contribution in [1.82, 2.24) is 19.7 Å². The maximum atomic E-state index is 12.5. The predicted molar refractivity (Wildman–Crippen MR) is 118 cm³/mol. The molecule has 31 heavy (non-hydrogen) atoms. The van der Waals surface area contributed by atoms with Crippen molar-refractivity contribution in [1.29, 1.82) is 0 Å². The Hall–Kier alpha value is -2.50.